The lowest BCUT2D eigenvalue weighted by molar-refractivity contribution is 0.00717. The van der Waals surface area contributed by atoms with Crippen molar-refractivity contribution >= 4 is 0 Å². The van der Waals surface area contributed by atoms with Gasteiger partial charge in [-0.3, -0.25) is 0 Å². The molecule has 0 aromatic carbocycles. The standard InChI is InChI=1S/C10H20O2/c1-3-12-10-7-5-4-6-9(8-10)11-2/h9-10H,3-8H2,1-2H3. The third-order valence-electron chi connectivity index (χ3n) is 2.56. The quantitative estimate of drug-likeness (QED) is 0.608. The number of hydrogen-bond acceptors (Lipinski definition) is 2. The zero-order chi connectivity index (χ0) is 8.81. The fourth-order valence-electron chi connectivity index (χ4n) is 1.87. The molecule has 1 rings (SSSR count). The number of rotatable bonds is 3. The fraction of sp³-hybridized carbons (Fsp3) is 1.00. The molecular formula is C10H20O2. The zero-order valence-electron chi connectivity index (χ0n) is 8.21. The van der Waals surface area contributed by atoms with Crippen LogP contribution in [0.15, 0.2) is 0 Å². The van der Waals surface area contributed by atoms with Crippen LogP contribution < -0.4 is 0 Å². The van der Waals surface area contributed by atoms with Crippen LogP contribution in [-0.4, -0.2) is 25.9 Å². The van der Waals surface area contributed by atoms with Crippen molar-refractivity contribution < 1.29 is 9.47 Å². The number of hydrogen-bond donors (Lipinski definition) is 0. The summed E-state index contributed by atoms with van der Waals surface area (Å²) in [6.45, 7) is 2.90. The van der Waals surface area contributed by atoms with Gasteiger partial charge in [0.05, 0.1) is 12.2 Å². The first-order valence-electron chi connectivity index (χ1n) is 5.01. The van der Waals surface area contributed by atoms with E-state index in [0.29, 0.717) is 12.2 Å². The summed E-state index contributed by atoms with van der Waals surface area (Å²) in [5.74, 6) is 0. The molecule has 0 aromatic rings. The van der Waals surface area contributed by atoms with Crippen LogP contribution >= 0.6 is 0 Å². The lowest BCUT2D eigenvalue weighted by Crippen LogP contribution is -2.19. The van der Waals surface area contributed by atoms with Gasteiger partial charge in [0.25, 0.3) is 0 Å². The normalized spacial score (nSPS) is 31.5. The van der Waals surface area contributed by atoms with Crippen LogP contribution in [0.25, 0.3) is 0 Å². The molecule has 1 aliphatic carbocycles. The van der Waals surface area contributed by atoms with Crippen LogP contribution in [0.4, 0.5) is 0 Å². The Morgan fingerprint density at radius 1 is 1.17 bits per heavy atom. The number of ether oxygens (including phenoxy) is 2. The maximum atomic E-state index is 5.61. The van der Waals surface area contributed by atoms with Crippen molar-refractivity contribution in [1.82, 2.24) is 0 Å². The topological polar surface area (TPSA) is 18.5 Å². The SMILES string of the molecule is CCOC1CCCCC(OC)C1. The average molecular weight is 172 g/mol. The Bertz CT molecular complexity index is 114. The van der Waals surface area contributed by atoms with Gasteiger partial charge in [0.2, 0.25) is 0 Å². The lowest BCUT2D eigenvalue weighted by atomic mass is 10.1. The molecule has 0 bridgehead atoms. The molecule has 0 radical (unpaired) electrons. The van der Waals surface area contributed by atoms with Crippen LogP contribution in [0.2, 0.25) is 0 Å². The van der Waals surface area contributed by atoms with E-state index in [1.54, 1.807) is 7.11 Å². The Morgan fingerprint density at radius 2 is 1.83 bits per heavy atom. The van der Waals surface area contributed by atoms with E-state index in [-0.39, 0.29) is 0 Å². The van der Waals surface area contributed by atoms with Gasteiger partial charge in [-0.15, -0.1) is 0 Å². The molecule has 12 heavy (non-hydrogen) atoms. The van der Waals surface area contributed by atoms with Crippen molar-refractivity contribution in [2.24, 2.45) is 0 Å². The van der Waals surface area contributed by atoms with E-state index in [9.17, 15) is 0 Å². The third kappa shape index (κ3) is 3.11. The molecule has 0 spiro atoms. The van der Waals surface area contributed by atoms with Gasteiger partial charge in [0.15, 0.2) is 0 Å². The second kappa shape index (κ2) is 5.55. The number of methoxy groups -OCH3 is 1. The third-order valence-corrected chi connectivity index (χ3v) is 2.56. The van der Waals surface area contributed by atoms with Crippen LogP contribution in [0.3, 0.4) is 0 Å². The molecule has 0 aromatic heterocycles. The van der Waals surface area contributed by atoms with Gasteiger partial charge in [0.1, 0.15) is 0 Å². The minimum Gasteiger partial charge on any atom is -0.381 e. The molecule has 1 aliphatic rings. The largest absolute Gasteiger partial charge is 0.381 e. The van der Waals surface area contributed by atoms with E-state index >= 15 is 0 Å². The zero-order valence-corrected chi connectivity index (χ0v) is 8.21. The molecule has 0 heterocycles. The predicted molar refractivity (Wildman–Crippen MR) is 49.3 cm³/mol. The van der Waals surface area contributed by atoms with Gasteiger partial charge in [-0.1, -0.05) is 12.8 Å². The van der Waals surface area contributed by atoms with E-state index in [1.807, 2.05) is 0 Å². The van der Waals surface area contributed by atoms with Crippen molar-refractivity contribution in [2.45, 2.75) is 51.2 Å². The summed E-state index contributed by atoms with van der Waals surface area (Å²) in [5.41, 5.74) is 0. The highest BCUT2D eigenvalue weighted by atomic mass is 16.5. The maximum Gasteiger partial charge on any atom is 0.0599 e. The monoisotopic (exact) mass is 172 g/mol. The van der Waals surface area contributed by atoms with Gasteiger partial charge < -0.3 is 9.47 Å². The molecule has 2 nitrogen and oxygen atoms in total. The first-order chi connectivity index (χ1) is 5.86. The van der Waals surface area contributed by atoms with Crippen LogP contribution in [0.1, 0.15) is 39.0 Å². The van der Waals surface area contributed by atoms with Gasteiger partial charge in [-0.05, 0) is 26.2 Å². The Morgan fingerprint density at radius 3 is 2.42 bits per heavy atom. The van der Waals surface area contributed by atoms with E-state index in [1.165, 1.54) is 25.7 Å². The minimum atomic E-state index is 0.434. The Labute approximate surface area is 75.2 Å². The van der Waals surface area contributed by atoms with E-state index < -0.39 is 0 Å². The first-order valence-corrected chi connectivity index (χ1v) is 5.01. The summed E-state index contributed by atoms with van der Waals surface area (Å²) in [4.78, 5) is 0. The van der Waals surface area contributed by atoms with Crippen molar-refractivity contribution in [3.8, 4) is 0 Å². The van der Waals surface area contributed by atoms with E-state index in [2.05, 4.69) is 6.92 Å². The van der Waals surface area contributed by atoms with Crippen LogP contribution in [0, 0.1) is 0 Å². The molecular weight excluding hydrogens is 152 g/mol. The average Bonchev–Trinajstić information content (AvgIpc) is 2.30. The first kappa shape index (κ1) is 10.0. The molecule has 0 N–H and O–H groups in total. The summed E-state index contributed by atoms with van der Waals surface area (Å²) in [6.07, 6.45) is 6.98. The van der Waals surface area contributed by atoms with Crippen molar-refractivity contribution in [1.29, 1.82) is 0 Å². The molecule has 1 fully saturated rings. The lowest BCUT2D eigenvalue weighted by Gasteiger charge is -2.18. The molecule has 1 saturated carbocycles. The summed E-state index contributed by atoms with van der Waals surface area (Å²) in [6, 6.07) is 0. The van der Waals surface area contributed by atoms with Crippen LogP contribution in [0.5, 0.6) is 0 Å². The second-order valence-corrected chi connectivity index (χ2v) is 3.46. The Hall–Kier alpha value is -0.0800. The highest BCUT2D eigenvalue weighted by molar-refractivity contribution is 4.71. The van der Waals surface area contributed by atoms with E-state index in [0.717, 1.165) is 13.0 Å². The Kier molecular flexibility index (Phi) is 4.62. The molecule has 2 unspecified atom stereocenters. The molecule has 2 heteroatoms. The summed E-state index contributed by atoms with van der Waals surface area (Å²) >= 11 is 0. The molecule has 0 saturated heterocycles. The fourth-order valence-corrected chi connectivity index (χ4v) is 1.87. The maximum absolute atomic E-state index is 5.61. The molecule has 72 valence electrons. The van der Waals surface area contributed by atoms with E-state index in [4.69, 9.17) is 9.47 Å². The molecule has 2 atom stereocenters. The summed E-state index contributed by atoms with van der Waals surface area (Å²) in [7, 11) is 1.80. The highest BCUT2D eigenvalue weighted by Gasteiger charge is 2.19. The van der Waals surface area contributed by atoms with Crippen LogP contribution in [-0.2, 0) is 9.47 Å². The summed E-state index contributed by atoms with van der Waals surface area (Å²) in [5, 5.41) is 0. The highest BCUT2D eigenvalue weighted by Crippen LogP contribution is 2.21. The van der Waals surface area contributed by atoms with Crippen molar-refractivity contribution in [3.63, 3.8) is 0 Å². The summed E-state index contributed by atoms with van der Waals surface area (Å²) < 4.78 is 11.0. The molecule has 0 amide bonds. The van der Waals surface area contributed by atoms with Gasteiger partial charge in [0, 0.05) is 13.7 Å². The molecule has 0 aliphatic heterocycles. The van der Waals surface area contributed by atoms with Crippen molar-refractivity contribution in [2.75, 3.05) is 13.7 Å². The van der Waals surface area contributed by atoms with Crippen molar-refractivity contribution in [3.05, 3.63) is 0 Å². The second-order valence-electron chi connectivity index (χ2n) is 3.46. The predicted octanol–water partition coefficient (Wildman–Crippen LogP) is 2.37. The van der Waals surface area contributed by atoms with Gasteiger partial charge in [-0.25, -0.2) is 0 Å². The minimum absolute atomic E-state index is 0.434. The smallest absolute Gasteiger partial charge is 0.0599 e. The van der Waals surface area contributed by atoms with Gasteiger partial charge in [-0.2, -0.15) is 0 Å². The van der Waals surface area contributed by atoms with Gasteiger partial charge >= 0.3 is 0 Å². The Balaban J connectivity index is 2.31.